The highest BCUT2D eigenvalue weighted by Crippen LogP contribution is 2.30. The summed E-state index contributed by atoms with van der Waals surface area (Å²) in [5.41, 5.74) is 1.99. The number of halogens is 1. The van der Waals surface area contributed by atoms with Crippen LogP contribution < -0.4 is 10.2 Å². The quantitative estimate of drug-likeness (QED) is 0.815. The van der Waals surface area contributed by atoms with E-state index in [9.17, 15) is 4.39 Å². The van der Waals surface area contributed by atoms with Crippen LogP contribution in [-0.2, 0) is 6.54 Å². The highest BCUT2D eigenvalue weighted by Gasteiger charge is 2.26. The van der Waals surface area contributed by atoms with E-state index in [0.717, 1.165) is 11.3 Å². The van der Waals surface area contributed by atoms with Gasteiger partial charge < -0.3 is 10.2 Å². The van der Waals surface area contributed by atoms with Crippen molar-refractivity contribution in [1.29, 1.82) is 0 Å². The Morgan fingerprint density at radius 3 is 2.73 bits per heavy atom. The normalized spacial score (nSPS) is 15.4. The smallest absolute Gasteiger partial charge is 0.125 e. The highest BCUT2D eigenvalue weighted by molar-refractivity contribution is 5.50. The SMILES string of the molecule is CNCc1cc(F)cc(N(C)C2CC2)c1. The summed E-state index contributed by atoms with van der Waals surface area (Å²) < 4.78 is 13.3. The topological polar surface area (TPSA) is 15.3 Å². The molecule has 1 saturated carbocycles. The molecule has 0 radical (unpaired) electrons. The molecule has 0 aliphatic heterocycles. The van der Waals surface area contributed by atoms with Gasteiger partial charge in [-0.1, -0.05) is 0 Å². The van der Waals surface area contributed by atoms with E-state index in [2.05, 4.69) is 16.3 Å². The molecule has 2 rings (SSSR count). The van der Waals surface area contributed by atoms with Gasteiger partial charge in [0.1, 0.15) is 5.82 Å². The second-order valence-corrected chi connectivity index (χ2v) is 4.19. The molecule has 0 bridgehead atoms. The number of nitrogens with one attached hydrogen (secondary N) is 1. The molecule has 82 valence electrons. The maximum atomic E-state index is 13.3. The summed E-state index contributed by atoms with van der Waals surface area (Å²) in [6.07, 6.45) is 2.46. The summed E-state index contributed by atoms with van der Waals surface area (Å²) >= 11 is 0. The van der Waals surface area contributed by atoms with E-state index in [4.69, 9.17) is 0 Å². The molecule has 1 N–H and O–H groups in total. The van der Waals surface area contributed by atoms with Gasteiger partial charge in [-0.2, -0.15) is 0 Å². The molecule has 2 nitrogen and oxygen atoms in total. The summed E-state index contributed by atoms with van der Waals surface area (Å²) in [5.74, 6) is -0.148. The van der Waals surface area contributed by atoms with Crippen LogP contribution in [0.15, 0.2) is 18.2 Å². The van der Waals surface area contributed by atoms with Crippen molar-refractivity contribution in [2.45, 2.75) is 25.4 Å². The Kier molecular flexibility index (Phi) is 2.91. The number of nitrogens with zero attached hydrogens (tertiary/aromatic N) is 1. The second kappa shape index (κ2) is 4.19. The van der Waals surface area contributed by atoms with Crippen LogP contribution >= 0.6 is 0 Å². The number of hydrogen-bond donors (Lipinski definition) is 1. The van der Waals surface area contributed by atoms with Crippen molar-refractivity contribution in [1.82, 2.24) is 5.32 Å². The molecule has 1 aliphatic rings. The van der Waals surface area contributed by atoms with Crippen LogP contribution in [-0.4, -0.2) is 20.1 Å². The van der Waals surface area contributed by atoms with Gasteiger partial charge in [-0.25, -0.2) is 4.39 Å². The van der Waals surface area contributed by atoms with Crippen LogP contribution in [0.25, 0.3) is 0 Å². The van der Waals surface area contributed by atoms with Crippen LogP contribution in [0.4, 0.5) is 10.1 Å². The molecule has 1 aliphatic carbocycles. The van der Waals surface area contributed by atoms with E-state index in [0.29, 0.717) is 12.6 Å². The minimum Gasteiger partial charge on any atom is -0.372 e. The van der Waals surface area contributed by atoms with Gasteiger partial charge in [0.05, 0.1) is 0 Å². The first-order valence-corrected chi connectivity index (χ1v) is 5.37. The van der Waals surface area contributed by atoms with Crippen molar-refractivity contribution in [2.24, 2.45) is 0 Å². The third-order valence-corrected chi connectivity index (χ3v) is 2.83. The fourth-order valence-corrected chi connectivity index (χ4v) is 1.82. The zero-order chi connectivity index (χ0) is 10.8. The Morgan fingerprint density at radius 2 is 2.13 bits per heavy atom. The fourth-order valence-electron chi connectivity index (χ4n) is 1.82. The van der Waals surface area contributed by atoms with E-state index in [1.807, 2.05) is 14.1 Å². The fraction of sp³-hybridized carbons (Fsp3) is 0.500. The van der Waals surface area contributed by atoms with Crippen molar-refractivity contribution < 1.29 is 4.39 Å². The van der Waals surface area contributed by atoms with Gasteiger partial charge in [-0.3, -0.25) is 0 Å². The second-order valence-electron chi connectivity index (χ2n) is 4.19. The Labute approximate surface area is 90.1 Å². The number of hydrogen-bond acceptors (Lipinski definition) is 2. The Bertz CT molecular complexity index is 347. The molecule has 0 heterocycles. The molecule has 0 spiro atoms. The molecular weight excluding hydrogens is 191 g/mol. The van der Waals surface area contributed by atoms with Gasteiger partial charge in [0, 0.05) is 25.3 Å². The lowest BCUT2D eigenvalue weighted by atomic mass is 10.2. The summed E-state index contributed by atoms with van der Waals surface area (Å²) in [4.78, 5) is 2.17. The third-order valence-electron chi connectivity index (χ3n) is 2.83. The van der Waals surface area contributed by atoms with Crippen molar-refractivity contribution >= 4 is 5.69 Å². The lowest BCUT2D eigenvalue weighted by Crippen LogP contribution is -2.20. The first kappa shape index (κ1) is 10.4. The van der Waals surface area contributed by atoms with Crippen LogP contribution in [0, 0.1) is 5.82 Å². The Balaban J connectivity index is 2.21. The first-order valence-electron chi connectivity index (χ1n) is 5.37. The van der Waals surface area contributed by atoms with Crippen molar-refractivity contribution in [2.75, 3.05) is 19.0 Å². The molecule has 15 heavy (non-hydrogen) atoms. The van der Waals surface area contributed by atoms with Gasteiger partial charge in [0.25, 0.3) is 0 Å². The maximum absolute atomic E-state index is 13.3. The van der Waals surface area contributed by atoms with Crippen molar-refractivity contribution in [3.63, 3.8) is 0 Å². The zero-order valence-corrected chi connectivity index (χ0v) is 9.26. The lowest BCUT2D eigenvalue weighted by molar-refractivity contribution is 0.623. The molecule has 0 unspecified atom stereocenters. The average Bonchev–Trinajstić information content (AvgIpc) is 2.99. The molecular formula is C12H17FN2. The summed E-state index contributed by atoms with van der Waals surface area (Å²) in [6, 6.07) is 5.87. The minimum absolute atomic E-state index is 0.148. The number of rotatable bonds is 4. The van der Waals surface area contributed by atoms with Crippen LogP contribution in [0.2, 0.25) is 0 Å². The summed E-state index contributed by atoms with van der Waals surface area (Å²) in [7, 11) is 3.91. The highest BCUT2D eigenvalue weighted by atomic mass is 19.1. The van der Waals surface area contributed by atoms with Crippen LogP contribution in [0.3, 0.4) is 0 Å². The average molecular weight is 208 g/mol. The van der Waals surface area contributed by atoms with Gasteiger partial charge in [-0.05, 0) is 43.7 Å². The van der Waals surface area contributed by atoms with Gasteiger partial charge >= 0.3 is 0 Å². The van der Waals surface area contributed by atoms with Crippen molar-refractivity contribution in [3.8, 4) is 0 Å². The summed E-state index contributed by atoms with van der Waals surface area (Å²) in [5, 5.41) is 3.04. The molecule has 3 heteroatoms. The van der Waals surface area contributed by atoms with Crippen LogP contribution in [0.1, 0.15) is 18.4 Å². The standard InChI is InChI=1S/C12H17FN2/c1-14-8-9-5-10(13)7-12(6-9)15(2)11-3-4-11/h5-7,11,14H,3-4,8H2,1-2H3. The maximum Gasteiger partial charge on any atom is 0.125 e. The molecule has 0 saturated heterocycles. The first-order chi connectivity index (χ1) is 7.20. The zero-order valence-electron chi connectivity index (χ0n) is 9.26. The Morgan fingerprint density at radius 1 is 1.40 bits per heavy atom. The van der Waals surface area contributed by atoms with Gasteiger partial charge in [-0.15, -0.1) is 0 Å². The van der Waals surface area contributed by atoms with E-state index in [1.165, 1.54) is 12.8 Å². The largest absolute Gasteiger partial charge is 0.372 e. The predicted molar refractivity (Wildman–Crippen MR) is 60.6 cm³/mol. The molecule has 0 amide bonds. The molecule has 1 fully saturated rings. The third kappa shape index (κ3) is 2.48. The monoisotopic (exact) mass is 208 g/mol. The molecule has 0 atom stereocenters. The minimum atomic E-state index is -0.148. The van der Waals surface area contributed by atoms with E-state index in [1.54, 1.807) is 12.1 Å². The molecule has 1 aromatic rings. The van der Waals surface area contributed by atoms with Gasteiger partial charge in [0.2, 0.25) is 0 Å². The number of benzene rings is 1. The van der Waals surface area contributed by atoms with E-state index in [-0.39, 0.29) is 5.82 Å². The van der Waals surface area contributed by atoms with Crippen LogP contribution in [0.5, 0.6) is 0 Å². The van der Waals surface area contributed by atoms with E-state index >= 15 is 0 Å². The lowest BCUT2D eigenvalue weighted by Gasteiger charge is -2.19. The van der Waals surface area contributed by atoms with E-state index < -0.39 is 0 Å². The molecule has 1 aromatic carbocycles. The molecule has 0 aromatic heterocycles. The van der Waals surface area contributed by atoms with Crippen molar-refractivity contribution in [3.05, 3.63) is 29.6 Å². The predicted octanol–water partition coefficient (Wildman–Crippen LogP) is 2.14. The Hall–Kier alpha value is -1.09. The number of anilines is 1. The summed E-state index contributed by atoms with van der Waals surface area (Å²) in [6.45, 7) is 0.712. The van der Waals surface area contributed by atoms with Gasteiger partial charge in [0.15, 0.2) is 0 Å².